The lowest BCUT2D eigenvalue weighted by molar-refractivity contribution is 0.0974. The van der Waals surface area contributed by atoms with E-state index in [-0.39, 0.29) is 0 Å². The van der Waals surface area contributed by atoms with Gasteiger partial charge in [-0.05, 0) is 38.0 Å². The van der Waals surface area contributed by atoms with Crippen LogP contribution < -0.4 is 0 Å². The summed E-state index contributed by atoms with van der Waals surface area (Å²) in [5, 5.41) is 0.756. The molecule has 1 unspecified atom stereocenters. The number of ether oxygens (including phenoxy) is 1. The van der Waals surface area contributed by atoms with Crippen molar-refractivity contribution in [3.8, 4) is 0 Å². The zero-order valence-electron chi connectivity index (χ0n) is 9.82. The number of hydrogen-bond donors (Lipinski definition) is 0. The summed E-state index contributed by atoms with van der Waals surface area (Å²) in [6, 6.07) is 5.83. The van der Waals surface area contributed by atoms with Crippen LogP contribution in [0.3, 0.4) is 0 Å². The van der Waals surface area contributed by atoms with E-state index in [9.17, 15) is 0 Å². The van der Waals surface area contributed by atoms with E-state index in [4.69, 9.17) is 16.3 Å². The van der Waals surface area contributed by atoms with Crippen LogP contribution in [0.15, 0.2) is 18.2 Å². The van der Waals surface area contributed by atoms with Crippen molar-refractivity contribution in [3.63, 3.8) is 0 Å². The van der Waals surface area contributed by atoms with Crippen LogP contribution in [-0.4, -0.2) is 22.3 Å². The van der Waals surface area contributed by atoms with Crippen molar-refractivity contribution in [1.29, 1.82) is 0 Å². The predicted octanol–water partition coefficient (Wildman–Crippen LogP) is 3.18. The number of aryl methyl sites for hydroxylation is 1. The molecule has 1 aliphatic rings. The van der Waals surface area contributed by atoms with Crippen molar-refractivity contribution in [2.24, 2.45) is 0 Å². The molecule has 90 valence electrons. The van der Waals surface area contributed by atoms with Gasteiger partial charge in [-0.3, -0.25) is 0 Å². The molecule has 0 amide bonds. The molecule has 2 heterocycles. The normalized spacial score (nSPS) is 20.2. The Morgan fingerprint density at radius 3 is 3.18 bits per heavy atom. The van der Waals surface area contributed by atoms with E-state index in [0.29, 0.717) is 6.10 Å². The summed E-state index contributed by atoms with van der Waals surface area (Å²) in [5.41, 5.74) is 2.11. The molecule has 4 heteroatoms. The molecule has 1 saturated heterocycles. The van der Waals surface area contributed by atoms with Crippen LogP contribution in [0.2, 0.25) is 5.02 Å². The monoisotopic (exact) mass is 250 g/mol. The van der Waals surface area contributed by atoms with Crippen LogP contribution in [0.25, 0.3) is 11.0 Å². The number of halogens is 1. The van der Waals surface area contributed by atoms with E-state index in [2.05, 4.69) is 9.55 Å². The summed E-state index contributed by atoms with van der Waals surface area (Å²) in [6.07, 6.45) is 2.63. The molecule has 3 nitrogen and oxygen atoms in total. The van der Waals surface area contributed by atoms with E-state index < -0.39 is 0 Å². The Balaban J connectivity index is 2.01. The number of aromatic nitrogens is 2. The Morgan fingerprint density at radius 1 is 1.53 bits per heavy atom. The van der Waals surface area contributed by atoms with Gasteiger partial charge in [-0.25, -0.2) is 4.98 Å². The zero-order chi connectivity index (χ0) is 11.8. The molecular weight excluding hydrogens is 236 g/mol. The van der Waals surface area contributed by atoms with Gasteiger partial charge in [0.1, 0.15) is 5.82 Å². The molecule has 1 aromatic carbocycles. The molecule has 0 spiro atoms. The minimum atomic E-state index is 0.324. The second-order valence-electron chi connectivity index (χ2n) is 4.54. The Hall–Kier alpha value is -1.06. The van der Waals surface area contributed by atoms with Gasteiger partial charge in [0.05, 0.1) is 23.7 Å². The summed E-state index contributed by atoms with van der Waals surface area (Å²) in [7, 11) is 0. The second-order valence-corrected chi connectivity index (χ2v) is 4.97. The smallest absolute Gasteiger partial charge is 0.106 e. The van der Waals surface area contributed by atoms with Crippen LogP contribution in [0, 0.1) is 6.92 Å². The first-order valence-corrected chi connectivity index (χ1v) is 6.36. The van der Waals surface area contributed by atoms with Gasteiger partial charge in [0.2, 0.25) is 0 Å². The SMILES string of the molecule is Cc1nc2ccc(Cl)cc2n1CC1CCCO1. The van der Waals surface area contributed by atoms with Gasteiger partial charge in [0.15, 0.2) is 0 Å². The lowest BCUT2D eigenvalue weighted by atomic mass is 10.2. The summed E-state index contributed by atoms with van der Waals surface area (Å²) in [6.45, 7) is 3.79. The molecule has 3 rings (SSSR count). The molecule has 0 aliphatic carbocycles. The zero-order valence-corrected chi connectivity index (χ0v) is 10.6. The standard InChI is InChI=1S/C13H15ClN2O/c1-9-15-12-5-4-10(14)7-13(12)16(9)8-11-3-2-6-17-11/h4-5,7,11H,2-3,6,8H2,1H3. The maximum Gasteiger partial charge on any atom is 0.106 e. The Morgan fingerprint density at radius 2 is 2.41 bits per heavy atom. The minimum absolute atomic E-state index is 0.324. The fourth-order valence-corrected chi connectivity index (χ4v) is 2.61. The first-order chi connectivity index (χ1) is 8.24. The third kappa shape index (κ3) is 2.05. The number of imidazole rings is 1. The van der Waals surface area contributed by atoms with Gasteiger partial charge in [0.25, 0.3) is 0 Å². The highest BCUT2D eigenvalue weighted by Gasteiger charge is 2.18. The van der Waals surface area contributed by atoms with Crippen molar-refractivity contribution in [1.82, 2.24) is 9.55 Å². The molecule has 0 N–H and O–H groups in total. The van der Waals surface area contributed by atoms with Gasteiger partial charge >= 0.3 is 0 Å². The molecule has 0 saturated carbocycles. The van der Waals surface area contributed by atoms with E-state index in [1.807, 2.05) is 25.1 Å². The van der Waals surface area contributed by atoms with Crippen molar-refractivity contribution >= 4 is 22.6 Å². The highest BCUT2D eigenvalue weighted by atomic mass is 35.5. The highest BCUT2D eigenvalue weighted by molar-refractivity contribution is 6.31. The molecule has 1 aromatic heterocycles. The Bertz CT molecular complexity index is 544. The van der Waals surface area contributed by atoms with Crippen LogP contribution in [0.5, 0.6) is 0 Å². The van der Waals surface area contributed by atoms with Gasteiger partial charge in [-0.2, -0.15) is 0 Å². The average Bonchev–Trinajstić information content (AvgIpc) is 2.90. The molecular formula is C13H15ClN2O. The number of rotatable bonds is 2. The van der Waals surface area contributed by atoms with E-state index in [1.165, 1.54) is 0 Å². The lowest BCUT2D eigenvalue weighted by Crippen LogP contribution is -2.15. The maximum atomic E-state index is 6.04. The van der Waals surface area contributed by atoms with Gasteiger partial charge in [-0.1, -0.05) is 11.6 Å². The van der Waals surface area contributed by atoms with Gasteiger partial charge in [0, 0.05) is 11.6 Å². The van der Waals surface area contributed by atoms with Gasteiger partial charge < -0.3 is 9.30 Å². The number of nitrogens with zero attached hydrogens (tertiary/aromatic N) is 2. The molecule has 2 aromatic rings. The summed E-state index contributed by atoms with van der Waals surface area (Å²) in [4.78, 5) is 4.55. The lowest BCUT2D eigenvalue weighted by Gasteiger charge is -2.12. The first-order valence-electron chi connectivity index (χ1n) is 5.98. The quantitative estimate of drug-likeness (QED) is 0.819. The minimum Gasteiger partial charge on any atom is -0.376 e. The summed E-state index contributed by atoms with van der Waals surface area (Å²) in [5.74, 6) is 1.03. The van der Waals surface area contributed by atoms with Crippen LogP contribution in [0.4, 0.5) is 0 Å². The molecule has 17 heavy (non-hydrogen) atoms. The highest BCUT2D eigenvalue weighted by Crippen LogP contribution is 2.23. The van der Waals surface area contributed by atoms with Crippen molar-refractivity contribution in [3.05, 3.63) is 29.0 Å². The van der Waals surface area contributed by atoms with E-state index >= 15 is 0 Å². The second kappa shape index (κ2) is 4.31. The molecule has 0 bridgehead atoms. The molecule has 1 aliphatic heterocycles. The summed E-state index contributed by atoms with van der Waals surface area (Å²) < 4.78 is 7.88. The molecule has 1 fully saturated rings. The topological polar surface area (TPSA) is 27.1 Å². The number of hydrogen-bond acceptors (Lipinski definition) is 2. The summed E-state index contributed by atoms with van der Waals surface area (Å²) >= 11 is 6.04. The van der Waals surface area contributed by atoms with Crippen LogP contribution >= 0.6 is 11.6 Å². The Kier molecular flexibility index (Phi) is 2.81. The Labute approximate surface area is 105 Å². The van der Waals surface area contributed by atoms with Crippen LogP contribution in [-0.2, 0) is 11.3 Å². The average molecular weight is 251 g/mol. The number of fused-ring (bicyclic) bond motifs is 1. The van der Waals surface area contributed by atoms with Crippen molar-refractivity contribution in [2.75, 3.05) is 6.61 Å². The first kappa shape index (κ1) is 11.1. The predicted molar refractivity (Wildman–Crippen MR) is 68.5 cm³/mol. The van der Waals surface area contributed by atoms with Crippen LogP contribution in [0.1, 0.15) is 18.7 Å². The van der Waals surface area contributed by atoms with Gasteiger partial charge in [-0.15, -0.1) is 0 Å². The van der Waals surface area contributed by atoms with Crippen molar-refractivity contribution < 1.29 is 4.74 Å². The third-order valence-electron chi connectivity index (χ3n) is 3.31. The molecule has 1 atom stereocenters. The third-order valence-corrected chi connectivity index (χ3v) is 3.55. The van der Waals surface area contributed by atoms with E-state index in [1.54, 1.807) is 0 Å². The maximum absolute atomic E-state index is 6.04. The fraction of sp³-hybridized carbons (Fsp3) is 0.462. The van der Waals surface area contributed by atoms with E-state index in [0.717, 1.165) is 47.9 Å². The molecule has 0 radical (unpaired) electrons. The van der Waals surface area contributed by atoms with Crippen molar-refractivity contribution in [2.45, 2.75) is 32.4 Å². The fourth-order valence-electron chi connectivity index (χ4n) is 2.44. The largest absolute Gasteiger partial charge is 0.376 e. The number of benzene rings is 1.